The molecule has 37 heteroatoms. The van der Waals surface area contributed by atoms with Crippen molar-refractivity contribution in [2.45, 2.75) is 112 Å². The normalized spacial score (nSPS) is 14.3. The summed E-state index contributed by atoms with van der Waals surface area (Å²) in [6, 6.07) is -20.9. The molecule has 8 amide bonds. The predicted octanol–water partition coefficient (Wildman–Crippen LogP) is -9.45. The molecule has 0 aliphatic carbocycles. The minimum atomic E-state index is -2.51. The molecule has 0 saturated heterocycles. The van der Waals surface area contributed by atoms with Gasteiger partial charge >= 0.3 is 59.7 Å². The number of aliphatic carboxylic acids is 10. The largest absolute Gasteiger partial charge is 0.481 e. The van der Waals surface area contributed by atoms with Crippen molar-refractivity contribution in [1.82, 2.24) is 42.5 Å². The highest BCUT2D eigenvalue weighted by Crippen LogP contribution is 2.07. The molecule has 0 spiro atoms. The number of rotatable bonds is 35. The molecule has 0 aliphatic rings. The van der Waals surface area contributed by atoms with Crippen LogP contribution in [-0.2, 0) is 86.3 Å². The van der Waals surface area contributed by atoms with Crippen LogP contribution >= 0.6 is 0 Å². The Bertz CT molecular complexity index is 2230. The van der Waals surface area contributed by atoms with Gasteiger partial charge < -0.3 is 99.3 Å². The number of nitrogens with one attached hydrogen (secondary N) is 8. The van der Waals surface area contributed by atoms with Gasteiger partial charge in [0.25, 0.3) is 0 Å². The quantitative estimate of drug-likeness (QED) is 0.0280. The summed E-state index contributed by atoms with van der Waals surface area (Å²) in [5.74, 6) is -32.3. The lowest BCUT2D eigenvalue weighted by atomic mass is 10.1. The highest BCUT2D eigenvalue weighted by Gasteiger charge is 2.38. The van der Waals surface area contributed by atoms with Gasteiger partial charge in [0.1, 0.15) is 48.3 Å². The van der Waals surface area contributed by atoms with Crippen LogP contribution in [0.4, 0.5) is 0 Å². The summed E-state index contributed by atoms with van der Waals surface area (Å²) in [6.45, 7) is 0. The van der Waals surface area contributed by atoms with E-state index in [0.29, 0.717) is 0 Å². The lowest BCUT2D eigenvalue weighted by Crippen LogP contribution is -2.61. The fourth-order valence-electron chi connectivity index (χ4n) is 5.53. The van der Waals surface area contributed by atoms with Gasteiger partial charge in [0, 0.05) is 0 Å². The van der Waals surface area contributed by atoms with Crippen LogP contribution in [-0.4, -0.2) is 212 Å². The molecule has 0 heterocycles. The van der Waals surface area contributed by atoms with Crippen LogP contribution in [0.1, 0.15) is 57.8 Å². The first kappa shape index (κ1) is 63.4. The van der Waals surface area contributed by atoms with Crippen LogP contribution in [0, 0.1) is 0 Å². The Morgan fingerprint density at radius 3 is 0.521 bits per heavy atom. The van der Waals surface area contributed by atoms with E-state index in [-0.39, 0.29) is 0 Å². The Kier molecular flexibility index (Phi) is 26.2. The number of hydrogen-bond acceptors (Lipinski definition) is 19. The fraction of sp³-hybridized carbons (Fsp3) is 0.500. The molecule has 0 rings (SSSR count). The number of carboxylic acids is 10. The molecule has 73 heavy (non-hydrogen) atoms. The number of carbonyl (C=O) groups excluding carboxylic acids is 8. The van der Waals surface area contributed by atoms with Crippen LogP contribution < -0.4 is 48.3 Å². The van der Waals surface area contributed by atoms with Gasteiger partial charge in [0.05, 0.1) is 63.8 Å². The van der Waals surface area contributed by atoms with Crippen LogP contribution in [0.3, 0.4) is 0 Å². The van der Waals surface area contributed by atoms with Crippen molar-refractivity contribution < 1.29 is 137 Å². The van der Waals surface area contributed by atoms with Crippen molar-refractivity contribution in [2.24, 2.45) is 5.73 Å². The number of amides is 8. The van der Waals surface area contributed by atoms with E-state index in [1.165, 1.54) is 0 Å². The van der Waals surface area contributed by atoms with E-state index in [9.17, 15) is 127 Å². The highest BCUT2D eigenvalue weighted by atomic mass is 16.4. The van der Waals surface area contributed by atoms with Gasteiger partial charge in [0.15, 0.2) is 0 Å². The Morgan fingerprint density at radius 1 is 0.233 bits per heavy atom. The standard InChI is InChI=1S/C36H47N9O28/c37-10(1-19(46)47)28(64)38-11(2-20(48)49)29(65)39-12(3-21(50)51)30(66)40-13(4-22(52)53)31(67)41-14(5-23(54)55)32(68)42-15(6-24(56)57)33(69)43-16(7-25(58)59)34(70)44-17(8-26(60)61)35(71)45-18(36(72)73)9-27(62)63/h10-18H,1-9,37H2,(H,38,64)(H,39,65)(H,40,66)(H,41,67)(H,42,68)(H,43,69)(H,44,70)(H,45,71)(H,46,47)(H,48,49)(H,50,51)(H,52,53)(H,54,55)(H,56,57)(H,58,59)(H,60,61)(H,62,63)(H,72,73)/t10-,11-,12-,13-,14-,15-,16-,17-,18-/m0/s1. The van der Waals surface area contributed by atoms with Crippen LogP contribution in [0.15, 0.2) is 0 Å². The van der Waals surface area contributed by atoms with Crippen LogP contribution in [0.25, 0.3) is 0 Å². The van der Waals surface area contributed by atoms with Gasteiger partial charge in [-0.05, 0) is 0 Å². The smallest absolute Gasteiger partial charge is 0.326 e. The zero-order chi connectivity index (χ0) is 56.6. The van der Waals surface area contributed by atoms with E-state index in [1.54, 1.807) is 42.5 Å². The van der Waals surface area contributed by atoms with E-state index in [4.69, 9.17) is 15.9 Å². The molecule has 0 aromatic rings. The summed E-state index contributed by atoms with van der Waals surface area (Å²) < 4.78 is 0. The summed E-state index contributed by atoms with van der Waals surface area (Å²) in [5.41, 5.74) is 5.39. The minimum absolute atomic E-state index is 1.03. The maximum Gasteiger partial charge on any atom is 0.326 e. The van der Waals surface area contributed by atoms with E-state index < -0.39 is 219 Å². The SMILES string of the molecule is N[C@@H](CC(=O)O)C(=O)N[C@@H](CC(=O)O)C(=O)N[C@@H](CC(=O)O)C(=O)N[C@@H](CC(=O)O)C(=O)N[C@@H](CC(=O)O)C(=O)N[C@@H](CC(=O)O)C(=O)N[C@@H](CC(=O)O)C(=O)N[C@@H](CC(=O)O)C(=O)N[C@@H](CC(=O)O)C(=O)O. The minimum Gasteiger partial charge on any atom is -0.481 e. The molecule has 0 bridgehead atoms. The van der Waals surface area contributed by atoms with Gasteiger partial charge in [-0.25, -0.2) is 4.79 Å². The second-order valence-corrected chi connectivity index (χ2v) is 14.8. The average Bonchev–Trinajstić information content (AvgIpc) is 3.22. The Morgan fingerprint density at radius 2 is 0.370 bits per heavy atom. The highest BCUT2D eigenvalue weighted by molar-refractivity contribution is 6.02. The summed E-state index contributed by atoms with van der Waals surface area (Å²) in [7, 11) is 0. The van der Waals surface area contributed by atoms with E-state index in [0.717, 1.165) is 0 Å². The number of carboxylic acid groups (broad SMARTS) is 10. The molecular weight excluding hydrogens is 1010 g/mol. The molecular formula is C36H47N9O28. The molecule has 0 fully saturated rings. The molecule has 37 nitrogen and oxygen atoms in total. The van der Waals surface area contributed by atoms with E-state index >= 15 is 0 Å². The molecule has 0 aliphatic heterocycles. The maximum absolute atomic E-state index is 13.4. The predicted molar refractivity (Wildman–Crippen MR) is 221 cm³/mol. The Hall–Kier alpha value is -9.58. The third kappa shape index (κ3) is 25.6. The summed E-state index contributed by atoms with van der Waals surface area (Å²) in [6.07, 6.45) is -12.4. The molecule has 9 atom stereocenters. The third-order valence-electron chi connectivity index (χ3n) is 8.81. The monoisotopic (exact) mass is 1050 g/mol. The summed E-state index contributed by atoms with van der Waals surface area (Å²) in [4.78, 5) is 220. The van der Waals surface area contributed by atoms with Gasteiger partial charge in [-0.15, -0.1) is 0 Å². The zero-order valence-corrected chi connectivity index (χ0v) is 37.0. The first-order valence-electron chi connectivity index (χ1n) is 20.0. The fourth-order valence-corrected chi connectivity index (χ4v) is 5.53. The molecule has 0 radical (unpaired) electrons. The maximum atomic E-state index is 13.4. The first-order valence-corrected chi connectivity index (χ1v) is 20.0. The topological polar surface area (TPSA) is 632 Å². The van der Waals surface area contributed by atoms with E-state index in [1.807, 2.05) is 0 Å². The van der Waals surface area contributed by atoms with Gasteiger partial charge in [0.2, 0.25) is 47.3 Å². The number of hydrogen-bond donors (Lipinski definition) is 19. The van der Waals surface area contributed by atoms with Crippen molar-refractivity contribution >= 4 is 107 Å². The first-order chi connectivity index (χ1) is 33.6. The van der Waals surface area contributed by atoms with Crippen molar-refractivity contribution in [3.05, 3.63) is 0 Å². The van der Waals surface area contributed by atoms with Crippen molar-refractivity contribution in [3.8, 4) is 0 Å². The average molecular weight is 1050 g/mol. The van der Waals surface area contributed by atoms with E-state index in [2.05, 4.69) is 0 Å². The molecule has 0 saturated carbocycles. The number of nitrogens with two attached hydrogens (primary N) is 1. The number of carbonyl (C=O) groups is 18. The zero-order valence-electron chi connectivity index (χ0n) is 37.0. The lowest BCUT2D eigenvalue weighted by molar-refractivity contribution is -0.148. The van der Waals surface area contributed by atoms with Crippen LogP contribution in [0.2, 0.25) is 0 Å². The summed E-state index contributed by atoms with van der Waals surface area (Å²) >= 11 is 0. The summed E-state index contributed by atoms with van der Waals surface area (Å²) in [5, 5.41) is 106. The van der Waals surface area contributed by atoms with Crippen molar-refractivity contribution in [2.75, 3.05) is 0 Å². The second-order valence-electron chi connectivity index (χ2n) is 14.8. The molecule has 0 aromatic carbocycles. The van der Waals surface area contributed by atoms with Crippen molar-refractivity contribution in [3.63, 3.8) is 0 Å². The van der Waals surface area contributed by atoms with Gasteiger partial charge in [-0.1, -0.05) is 0 Å². The molecule has 0 unspecified atom stereocenters. The molecule has 20 N–H and O–H groups in total. The molecule has 0 aromatic heterocycles. The van der Waals surface area contributed by atoms with Gasteiger partial charge in [-0.2, -0.15) is 0 Å². The van der Waals surface area contributed by atoms with Crippen LogP contribution in [0.5, 0.6) is 0 Å². The Balaban J connectivity index is 6.74. The third-order valence-corrected chi connectivity index (χ3v) is 8.81. The Labute approximate surface area is 404 Å². The lowest BCUT2D eigenvalue weighted by Gasteiger charge is -2.26. The van der Waals surface area contributed by atoms with Crippen molar-refractivity contribution in [1.29, 1.82) is 0 Å². The van der Waals surface area contributed by atoms with Gasteiger partial charge in [-0.3, -0.25) is 81.5 Å². The second kappa shape index (κ2) is 30.1. The molecule has 404 valence electrons.